The number of para-hydroxylation sites is 1. The molecule has 1 aliphatic heterocycles. The van der Waals surface area contributed by atoms with Gasteiger partial charge in [0, 0.05) is 5.92 Å². The van der Waals surface area contributed by atoms with Gasteiger partial charge in [-0.1, -0.05) is 54.6 Å². The smallest absolute Gasteiger partial charge is 0.337 e. The Bertz CT molecular complexity index is 751. The van der Waals surface area contributed by atoms with E-state index in [0.29, 0.717) is 17.4 Å². The molecule has 3 nitrogen and oxygen atoms in total. The number of hydrogen-bond donors (Lipinski definition) is 2. The molecule has 0 aromatic heterocycles. The van der Waals surface area contributed by atoms with Gasteiger partial charge in [0.1, 0.15) is 0 Å². The molecule has 1 aliphatic carbocycles. The minimum Gasteiger partial charge on any atom is -0.478 e. The highest BCUT2D eigenvalue weighted by molar-refractivity contribution is 5.95. The Morgan fingerprint density at radius 2 is 1.91 bits per heavy atom. The van der Waals surface area contributed by atoms with Crippen LogP contribution in [0.4, 0.5) is 5.69 Å². The summed E-state index contributed by atoms with van der Waals surface area (Å²) in [6.07, 6.45) is 5.47. The predicted molar refractivity (Wildman–Crippen MR) is 86.2 cm³/mol. The van der Waals surface area contributed by atoms with Crippen molar-refractivity contribution < 1.29 is 9.90 Å². The lowest BCUT2D eigenvalue weighted by molar-refractivity contribution is 0.0697. The van der Waals surface area contributed by atoms with E-state index >= 15 is 0 Å². The van der Waals surface area contributed by atoms with Gasteiger partial charge in [-0.2, -0.15) is 0 Å². The fourth-order valence-corrected chi connectivity index (χ4v) is 3.79. The highest BCUT2D eigenvalue weighted by Gasteiger charge is 2.39. The molecule has 2 aromatic rings. The van der Waals surface area contributed by atoms with Crippen LogP contribution in [-0.2, 0) is 0 Å². The Morgan fingerprint density at radius 3 is 2.68 bits per heavy atom. The standard InChI is InChI=1S/C19H17NO2/c21-19(22)16-11-5-10-15-13-8-4-9-14(13)17(20-18(15)16)12-6-2-1-3-7-12/h1-8,10-11,13-14,17,20H,9H2,(H,21,22)/t13-,14-,17-/m1/s1. The highest BCUT2D eigenvalue weighted by Crippen LogP contribution is 2.50. The molecule has 0 saturated heterocycles. The molecule has 0 saturated carbocycles. The van der Waals surface area contributed by atoms with E-state index in [-0.39, 0.29) is 6.04 Å². The third-order valence-electron chi connectivity index (χ3n) is 4.79. The molecule has 0 radical (unpaired) electrons. The van der Waals surface area contributed by atoms with Crippen molar-refractivity contribution >= 4 is 11.7 Å². The molecule has 22 heavy (non-hydrogen) atoms. The summed E-state index contributed by atoms with van der Waals surface area (Å²) in [6, 6.07) is 16.0. The van der Waals surface area contributed by atoms with Gasteiger partial charge >= 0.3 is 5.97 Å². The average molecular weight is 291 g/mol. The first-order valence-electron chi connectivity index (χ1n) is 7.60. The van der Waals surface area contributed by atoms with Crippen LogP contribution in [-0.4, -0.2) is 11.1 Å². The van der Waals surface area contributed by atoms with Crippen LogP contribution in [0.15, 0.2) is 60.7 Å². The largest absolute Gasteiger partial charge is 0.478 e. The third-order valence-corrected chi connectivity index (χ3v) is 4.79. The number of hydrogen-bond acceptors (Lipinski definition) is 2. The predicted octanol–water partition coefficient (Wildman–Crippen LogP) is 4.21. The molecule has 110 valence electrons. The van der Waals surface area contributed by atoms with E-state index in [1.807, 2.05) is 30.3 Å². The van der Waals surface area contributed by atoms with Crippen LogP contribution in [0.5, 0.6) is 0 Å². The van der Waals surface area contributed by atoms with Gasteiger partial charge in [0.2, 0.25) is 0 Å². The van der Waals surface area contributed by atoms with Gasteiger partial charge in [-0.25, -0.2) is 4.79 Å². The molecule has 2 aliphatic rings. The lowest BCUT2D eigenvalue weighted by Gasteiger charge is -2.38. The number of nitrogens with one attached hydrogen (secondary N) is 1. The first-order chi connectivity index (χ1) is 10.8. The van der Waals surface area contributed by atoms with E-state index < -0.39 is 5.97 Å². The number of anilines is 1. The fraction of sp³-hybridized carbons (Fsp3) is 0.211. The molecule has 3 atom stereocenters. The van der Waals surface area contributed by atoms with Crippen LogP contribution < -0.4 is 5.32 Å². The molecule has 4 rings (SSSR count). The molecule has 0 bridgehead atoms. The lowest BCUT2D eigenvalue weighted by Crippen LogP contribution is -2.30. The van der Waals surface area contributed by atoms with Gasteiger partial charge in [-0.3, -0.25) is 0 Å². The van der Waals surface area contributed by atoms with Crippen molar-refractivity contribution in [2.45, 2.75) is 18.4 Å². The van der Waals surface area contributed by atoms with Crippen molar-refractivity contribution in [1.29, 1.82) is 0 Å². The maximum Gasteiger partial charge on any atom is 0.337 e. The van der Waals surface area contributed by atoms with Crippen LogP contribution >= 0.6 is 0 Å². The molecular weight excluding hydrogens is 274 g/mol. The lowest BCUT2D eigenvalue weighted by atomic mass is 9.76. The average Bonchev–Trinajstić information content (AvgIpc) is 3.04. The highest BCUT2D eigenvalue weighted by atomic mass is 16.4. The first kappa shape index (κ1) is 13.1. The number of fused-ring (bicyclic) bond motifs is 3. The Kier molecular flexibility index (Phi) is 3.00. The van der Waals surface area contributed by atoms with Crippen molar-refractivity contribution in [3.8, 4) is 0 Å². The molecule has 3 heteroatoms. The van der Waals surface area contributed by atoms with E-state index in [1.165, 1.54) is 5.56 Å². The monoisotopic (exact) mass is 291 g/mol. The number of benzene rings is 2. The van der Waals surface area contributed by atoms with Crippen LogP contribution in [0.25, 0.3) is 0 Å². The second-order valence-corrected chi connectivity index (χ2v) is 5.96. The van der Waals surface area contributed by atoms with Gasteiger partial charge < -0.3 is 10.4 Å². The zero-order chi connectivity index (χ0) is 15.1. The Hall–Kier alpha value is -2.55. The summed E-state index contributed by atoms with van der Waals surface area (Å²) in [7, 11) is 0. The summed E-state index contributed by atoms with van der Waals surface area (Å²) >= 11 is 0. The van der Waals surface area contributed by atoms with Gasteiger partial charge in [-0.05, 0) is 29.5 Å². The maximum atomic E-state index is 11.6. The number of carboxylic acid groups (broad SMARTS) is 1. The molecule has 2 N–H and O–H groups in total. The van der Waals surface area contributed by atoms with E-state index in [0.717, 1.165) is 17.7 Å². The summed E-state index contributed by atoms with van der Waals surface area (Å²) in [6.45, 7) is 0. The summed E-state index contributed by atoms with van der Waals surface area (Å²) in [5.74, 6) is -0.142. The molecule has 0 unspecified atom stereocenters. The van der Waals surface area contributed by atoms with Crippen molar-refractivity contribution in [2.75, 3.05) is 5.32 Å². The van der Waals surface area contributed by atoms with E-state index in [9.17, 15) is 9.90 Å². The van der Waals surface area contributed by atoms with Gasteiger partial charge in [0.05, 0.1) is 17.3 Å². The Balaban J connectivity index is 1.85. The number of allylic oxidation sites excluding steroid dienone is 2. The summed E-state index contributed by atoms with van der Waals surface area (Å²) in [4.78, 5) is 11.6. The number of carboxylic acids is 1. The first-order valence-corrected chi connectivity index (χ1v) is 7.60. The SMILES string of the molecule is O=C(O)c1cccc2c1N[C@H](c1ccccc1)[C@@H]1CC=C[C@@H]21. The van der Waals surface area contributed by atoms with Crippen molar-refractivity contribution in [3.63, 3.8) is 0 Å². The topological polar surface area (TPSA) is 49.3 Å². The van der Waals surface area contributed by atoms with E-state index in [2.05, 4.69) is 29.6 Å². The van der Waals surface area contributed by atoms with Crippen molar-refractivity contribution in [2.24, 2.45) is 5.92 Å². The van der Waals surface area contributed by atoms with Crippen molar-refractivity contribution in [3.05, 3.63) is 77.4 Å². The summed E-state index contributed by atoms with van der Waals surface area (Å²) in [5.41, 5.74) is 3.45. The van der Waals surface area contributed by atoms with Gasteiger partial charge in [0.25, 0.3) is 0 Å². The quantitative estimate of drug-likeness (QED) is 0.815. The molecular formula is C19H17NO2. The molecule has 0 fully saturated rings. The normalized spacial score (nSPS) is 25.2. The van der Waals surface area contributed by atoms with E-state index in [1.54, 1.807) is 6.07 Å². The van der Waals surface area contributed by atoms with E-state index in [4.69, 9.17) is 0 Å². The Labute approximate surface area is 129 Å². The minimum absolute atomic E-state index is 0.147. The minimum atomic E-state index is -0.878. The molecule has 0 amide bonds. The van der Waals surface area contributed by atoms with Crippen LogP contribution in [0.3, 0.4) is 0 Å². The second kappa shape index (κ2) is 5.02. The fourth-order valence-electron chi connectivity index (χ4n) is 3.79. The number of carbonyl (C=O) groups is 1. The summed E-state index contributed by atoms with van der Waals surface area (Å²) in [5, 5.41) is 13.0. The maximum absolute atomic E-state index is 11.6. The van der Waals surface area contributed by atoms with Crippen LogP contribution in [0, 0.1) is 5.92 Å². The number of rotatable bonds is 2. The summed E-state index contributed by atoms with van der Waals surface area (Å²) < 4.78 is 0. The van der Waals surface area contributed by atoms with Gasteiger partial charge in [0.15, 0.2) is 0 Å². The number of aromatic carboxylic acids is 1. The third kappa shape index (κ3) is 1.93. The van der Waals surface area contributed by atoms with Crippen LogP contribution in [0.2, 0.25) is 0 Å². The molecule has 2 aromatic carbocycles. The Morgan fingerprint density at radius 1 is 1.09 bits per heavy atom. The molecule has 0 spiro atoms. The molecule has 1 heterocycles. The van der Waals surface area contributed by atoms with Crippen molar-refractivity contribution in [1.82, 2.24) is 0 Å². The van der Waals surface area contributed by atoms with Crippen LogP contribution in [0.1, 0.15) is 39.9 Å². The zero-order valence-corrected chi connectivity index (χ0v) is 12.1. The second-order valence-electron chi connectivity index (χ2n) is 5.96. The van der Waals surface area contributed by atoms with Gasteiger partial charge in [-0.15, -0.1) is 0 Å². The zero-order valence-electron chi connectivity index (χ0n) is 12.1.